The van der Waals surface area contributed by atoms with Crippen LogP contribution in [0.4, 0.5) is 10.1 Å². The summed E-state index contributed by atoms with van der Waals surface area (Å²) >= 11 is 5.45. The molecular formula is C11H13ClFN. The standard InChI is InChI=1S/C11H13ClFN/c1-9-4-5-11(10(13)8-9)14-7-3-2-6-12/h2-5,8,14H,6-7H2,1H3/b3-2+. The lowest BCUT2D eigenvalue weighted by Gasteiger charge is -2.05. The average molecular weight is 214 g/mol. The van der Waals surface area contributed by atoms with Gasteiger partial charge >= 0.3 is 0 Å². The Hall–Kier alpha value is -1.02. The summed E-state index contributed by atoms with van der Waals surface area (Å²) in [6.45, 7) is 2.45. The fraction of sp³-hybridized carbons (Fsp3) is 0.273. The van der Waals surface area contributed by atoms with Crippen LogP contribution in [0, 0.1) is 12.7 Å². The van der Waals surface area contributed by atoms with Crippen LogP contribution in [0.3, 0.4) is 0 Å². The molecule has 0 aliphatic heterocycles. The molecule has 0 spiro atoms. The van der Waals surface area contributed by atoms with Crippen LogP contribution in [0.1, 0.15) is 5.56 Å². The second-order valence-electron chi connectivity index (χ2n) is 2.99. The normalized spacial score (nSPS) is 10.8. The number of aryl methyl sites for hydroxylation is 1. The van der Waals surface area contributed by atoms with Crippen LogP contribution < -0.4 is 5.32 Å². The maximum atomic E-state index is 13.2. The highest BCUT2D eigenvalue weighted by Gasteiger charge is 1.99. The zero-order chi connectivity index (χ0) is 10.4. The van der Waals surface area contributed by atoms with Gasteiger partial charge in [0.15, 0.2) is 0 Å². The Morgan fingerprint density at radius 3 is 2.86 bits per heavy atom. The van der Waals surface area contributed by atoms with Crippen LogP contribution in [0.5, 0.6) is 0 Å². The highest BCUT2D eigenvalue weighted by Crippen LogP contribution is 2.14. The molecule has 1 N–H and O–H groups in total. The monoisotopic (exact) mass is 213 g/mol. The number of hydrogen-bond donors (Lipinski definition) is 1. The number of halogens is 2. The van der Waals surface area contributed by atoms with Crippen LogP contribution in [-0.2, 0) is 0 Å². The number of rotatable bonds is 4. The van der Waals surface area contributed by atoms with E-state index in [0.717, 1.165) is 5.56 Å². The molecule has 0 heterocycles. The molecule has 0 saturated heterocycles. The molecule has 0 aliphatic rings. The van der Waals surface area contributed by atoms with Gasteiger partial charge in [0.25, 0.3) is 0 Å². The Labute approximate surface area is 88.6 Å². The second-order valence-corrected chi connectivity index (χ2v) is 3.30. The third kappa shape index (κ3) is 3.38. The topological polar surface area (TPSA) is 12.0 Å². The van der Waals surface area contributed by atoms with E-state index < -0.39 is 0 Å². The van der Waals surface area contributed by atoms with E-state index in [1.165, 1.54) is 6.07 Å². The van der Waals surface area contributed by atoms with Crippen molar-refractivity contribution in [2.24, 2.45) is 0 Å². The molecule has 1 aromatic rings. The zero-order valence-corrected chi connectivity index (χ0v) is 8.81. The highest BCUT2D eigenvalue weighted by molar-refractivity contribution is 6.18. The maximum absolute atomic E-state index is 13.2. The lowest BCUT2D eigenvalue weighted by atomic mass is 10.2. The molecule has 1 aromatic carbocycles. The van der Waals surface area contributed by atoms with Gasteiger partial charge in [0, 0.05) is 12.4 Å². The average Bonchev–Trinajstić information content (AvgIpc) is 2.15. The van der Waals surface area contributed by atoms with Crippen LogP contribution in [0.25, 0.3) is 0 Å². The molecule has 0 aromatic heterocycles. The van der Waals surface area contributed by atoms with E-state index in [0.29, 0.717) is 18.1 Å². The number of benzene rings is 1. The number of allylic oxidation sites excluding steroid dienone is 1. The summed E-state index contributed by atoms with van der Waals surface area (Å²) in [5, 5.41) is 2.95. The Morgan fingerprint density at radius 1 is 1.43 bits per heavy atom. The van der Waals surface area contributed by atoms with Gasteiger partial charge in [-0.3, -0.25) is 0 Å². The van der Waals surface area contributed by atoms with Gasteiger partial charge in [0.05, 0.1) is 5.69 Å². The molecule has 14 heavy (non-hydrogen) atoms. The second kappa shape index (κ2) is 5.66. The minimum atomic E-state index is -0.218. The first-order chi connectivity index (χ1) is 6.74. The minimum Gasteiger partial charge on any atom is -0.379 e. The van der Waals surface area contributed by atoms with Gasteiger partial charge < -0.3 is 5.32 Å². The van der Waals surface area contributed by atoms with E-state index in [1.54, 1.807) is 6.07 Å². The highest BCUT2D eigenvalue weighted by atomic mass is 35.5. The number of nitrogens with one attached hydrogen (secondary N) is 1. The first kappa shape index (κ1) is 11.1. The van der Waals surface area contributed by atoms with Gasteiger partial charge in [-0.2, -0.15) is 0 Å². The summed E-state index contributed by atoms with van der Waals surface area (Å²) in [6.07, 6.45) is 3.69. The van der Waals surface area contributed by atoms with Crippen molar-refractivity contribution in [3.8, 4) is 0 Å². The molecule has 0 unspecified atom stereocenters. The summed E-state index contributed by atoms with van der Waals surface area (Å²) in [5.74, 6) is 0.266. The van der Waals surface area contributed by atoms with E-state index in [4.69, 9.17) is 11.6 Å². The van der Waals surface area contributed by atoms with Gasteiger partial charge in [-0.25, -0.2) is 4.39 Å². The predicted octanol–water partition coefficient (Wildman–Crippen LogP) is 3.34. The fourth-order valence-corrected chi connectivity index (χ4v) is 1.20. The van der Waals surface area contributed by atoms with E-state index >= 15 is 0 Å². The molecule has 0 aliphatic carbocycles. The number of hydrogen-bond acceptors (Lipinski definition) is 1. The van der Waals surface area contributed by atoms with E-state index in [2.05, 4.69) is 5.32 Å². The first-order valence-corrected chi connectivity index (χ1v) is 4.98. The molecule has 0 bridgehead atoms. The van der Waals surface area contributed by atoms with Crippen LogP contribution in [-0.4, -0.2) is 12.4 Å². The molecule has 0 amide bonds. The van der Waals surface area contributed by atoms with Crippen LogP contribution in [0.15, 0.2) is 30.4 Å². The van der Waals surface area contributed by atoms with Gasteiger partial charge in [-0.1, -0.05) is 18.2 Å². The van der Waals surface area contributed by atoms with Crippen molar-refractivity contribution in [2.45, 2.75) is 6.92 Å². The Bertz CT molecular complexity index is 323. The van der Waals surface area contributed by atoms with E-state index in [9.17, 15) is 4.39 Å². The molecule has 76 valence electrons. The van der Waals surface area contributed by atoms with Gasteiger partial charge in [-0.15, -0.1) is 11.6 Å². The van der Waals surface area contributed by atoms with E-state index in [1.807, 2.05) is 25.1 Å². The molecule has 3 heteroatoms. The zero-order valence-electron chi connectivity index (χ0n) is 8.06. The summed E-state index contributed by atoms with van der Waals surface area (Å²) < 4.78 is 13.2. The molecule has 0 saturated carbocycles. The summed E-state index contributed by atoms with van der Waals surface area (Å²) in [4.78, 5) is 0. The molecule has 1 rings (SSSR count). The molecular weight excluding hydrogens is 201 g/mol. The van der Waals surface area contributed by atoms with Crippen molar-refractivity contribution in [1.82, 2.24) is 0 Å². The first-order valence-electron chi connectivity index (χ1n) is 4.45. The number of anilines is 1. The quantitative estimate of drug-likeness (QED) is 0.598. The minimum absolute atomic E-state index is 0.218. The van der Waals surface area contributed by atoms with Gasteiger partial charge in [0.1, 0.15) is 5.82 Å². The summed E-state index contributed by atoms with van der Waals surface area (Å²) in [6, 6.07) is 5.11. The lowest BCUT2D eigenvalue weighted by molar-refractivity contribution is 0.629. The van der Waals surface area contributed by atoms with Crippen molar-refractivity contribution in [1.29, 1.82) is 0 Å². The van der Waals surface area contributed by atoms with Gasteiger partial charge in [-0.05, 0) is 24.6 Å². The SMILES string of the molecule is Cc1ccc(NC/C=C/CCl)c(F)c1. The fourth-order valence-electron chi connectivity index (χ4n) is 1.08. The van der Waals surface area contributed by atoms with Gasteiger partial charge in [0.2, 0.25) is 0 Å². The predicted molar refractivity (Wildman–Crippen MR) is 59.5 cm³/mol. The Balaban J connectivity index is 2.55. The smallest absolute Gasteiger partial charge is 0.146 e. The van der Waals surface area contributed by atoms with Crippen molar-refractivity contribution in [3.05, 3.63) is 41.7 Å². The lowest BCUT2D eigenvalue weighted by Crippen LogP contribution is -2.00. The molecule has 0 radical (unpaired) electrons. The molecule has 1 nitrogen and oxygen atoms in total. The summed E-state index contributed by atoms with van der Waals surface area (Å²) in [5.41, 5.74) is 1.44. The molecule has 0 atom stereocenters. The third-order valence-electron chi connectivity index (χ3n) is 1.79. The Morgan fingerprint density at radius 2 is 2.21 bits per heavy atom. The number of alkyl halides is 1. The van der Waals surface area contributed by atoms with Crippen LogP contribution in [0.2, 0.25) is 0 Å². The van der Waals surface area contributed by atoms with Crippen molar-refractivity contribution in [2.75, 3.05) is 17.7 Å². The summed E-state index contributed by atoms with van der Waals surface area (Å²) in [7, 11) is 0. The van der Waals surface area contributed by atoms with E-state index in [-0.39, 0.29) is 5.82 Å². The third-order valence-corrected chi connectivity index (χ3v) is 1.97. The maximum Gasteiger partial charge on any atom is 0.146 e. The Kier molecular flexibility index (Phi) is 4.47. The molecule has 0 fully saturated rings. The van der Waals surface area contributed by atoms with Crippen molar-refractivity contribution < 1.29 is 4.39 Å². The van der Waals surface area contributed by atoms with Crippen molar-refractivity contribution >= 4 is 17.3 Å². The largest absolute Gasteiger partial charge is 0.379 e. The van der Waals surface area contributed by atoms with Crippen molar-refractivity contribution in [3.63, 3.8) is 0 Å². The van der Waals surface area contributed by atoms with Crippen LogP contribution >= 0.6 is 11.6 Å².